The van der Waals surface area contributed by atoms with Gasteiger partial charge < -0.3 is 42.5 Å². The average molecular weight is 467 g/mol. The summed E-state index contributed by atoms with van der Waals surface area (Å²) in [6, 6.07) is 2.30. The first-order chi connectivity index (χ1) is 15.5. The van der Waals surface area contributed by atoms with E-state index in [-0.39, 0.29) is 32.0 Å². The van der Waals surface area contributed by atoms with Gasteiger partial charge in [-0.05, 0) is 42.0 Å². The van der Waals surface area contributed by atoms with Crippen molar-refractivity contribution in [3.8, 4) is 0 Å². The van der Waals surface area contributed by atoms with Crippen LogP contribution in [0.2, 0.25) is 0 Å². The second-order valence-corrected chi connectivity index (χ2v) is 8.03. The number of urea groups is 1. The predicted octanol–water partition coefficient (Wildman–Crippen LogP) is 0.144. The second kappa shape index (κ2) is 13.2. The molecule has 2 atom stereocenters. The van der Waals surface area contributed by atoms with E-state index < -0.39 is 36.0 Å². The number of rotatable bonds is 12. The number of hydrogen-bond donors (Lipinski definition) is 7. The Morgan fingerprint density at radius 3 is 2.33 bits per heavy atom. The van der Waals surface area contributed by atoms with Gasteiger partial charge in [0.25, 0.3) is 0 Å². The lowest BCUT2D eigenvalue weighted by Crippen LogP contribution is -2.51. The highest BCUT2D eigenvalue weighted by molar-refractivity contribution is 5.98. The van der Waals surface area contributed by atoms with Crippen LogP contribution in [0.5, 0.6) is 0 Å². The molecule has 0 radical (unpaired) electrons. The first kappa shape index (κ1) is 27.7. The van der Waals surface area contributed by atoms with Gasteiger partial charge in [-0.25, -0.2) is 9.59 Å². The molecule has 0 saturated heterocycles. The highest BCUT2D eigenvalue weighted by Crippen LogP contribution is 2.19. The molecule has 0 unspecified atom stereocenters. The van der Waals surface area contributed by atoms with Crippen LogP contribution in [-0.4, -0.2) is 64.7 Å². The van der Waals surface area contributed by atoms with E-state index in [9.17, 15) is 24.3 Å². The van der Waals surface area contributed by atoms with Gasteiger partial charge in [-0.1, -0.05) is 19.9 Å². The van der Waals surface area contributed by atoms with E-state index in [0.717, 1.165) is 4.90 Å². The van der Waals surface area contributed by atoms with Gasteiger partial charge in [0.15, 0.2) is 0 Å². The van der Waals surface area contributed by atoms with Crippen molar-refractivity contribution in [2.24, 2.45) is 17.4 Å². The summed E-state index contributed by atoms with van der Waals surface area (Å²) in [5.74, 6) is -1.12. The maximum atomic E-state index is 12.9. The van der Waals surface area contributed by atoms with Crippen LogP contribution in [0, 0.1) is 5.92 Å². The van der Waals surface area contributed by atoms with Crippen molar-refractivity contribution in [2.75, 3.05) is 18.9 Å². The molecule has 12 nitrogen and oxygen atoms in total. The van der Waals surface area contributed by atoms with Crippen LogP contribution in [0.15, 0.2) is 18.2 Å². The molecule has 1 aromatic carbocycles. The lowest BCUT2D eigenvalue weighted by atomic mass is 10.0. The molecule has 0 fully saturated rings. The monoisotopic (exact) mass is 466 g/mol. The Hall–Kier alpha value is -3.38. The third-order valence-corrected chi connectivity index (χ3v) is 5.00. The van der Waals surface area contributed by atoms with E-state index in [1.54, 1.807) is 32.0 Å². The molecule has 9 N–H and O–H groups in total. The van der Waals surface area contributed by atoms with E-state index in [0.29, 0.717) is 23.2 Å². The Kier molecular flexibility index (Phi) is 11.1. The number of carboxylic acid groups (broad SMARTS) is 1. The van der Waals surface area contributed by atoms with Crippen LogP contribution in [0.25, 0.3) is 0 Å². The number of nitrogens with two attached hydrogens (primary N) is 2. The van der Waals surface area contributed by atoms with Crippen LogP contribution in [0.3, 0.4) is 0 Å². The number of anilines is 1. The normalized spacial score (nSPS) is 12.5. The Labute approximate surface area is 192 Å². The number of benzene rings is 1. The molecule has 12 heteroatoms. The van der Waals surface area contributed by atoms with Crippen LogP contribution in [0.4, 0.5) is 15.3 Å². The van der Waals surface area contributed by atoms with Crippen molar-refractivity contribution >= 4 is 29.6 Å². The number of amides is 5. The molecule has 0 aliphatic carbocycles. The number of primary amides is 1. The molecule has 0 aliphatic rings. The molecule has 0 saturated carbocycles. The van der Waals surface area contributed by atoms with Crippen molar-refractivity contribution in [1.29, 1.82) is 0 Å². The number of hydrogen-bond acceptors (Lipinski definition) is 6. The van der Waals surface area contributed by atoms with E-state index in [4.69, 9.17) is 16.6 Å². The first-order valence-electron chi connectivity index (χ1n) is 10.5. The van der Waals surface area contributed by atoms with Gasteiger partial charge in [0.1, 0.15) is 6.04 Å². The number of aliphatic hydroxyl groups is 1. The predicted molar refractivity (Wildman–Crippen MR) is 122 cm³/mol. The van der Waals surface area contributed by atoms with Crippen molar-refractivity contribution in [1.82, 2.24) is 15.5 Å². The lowest BCUT2D eigenvalue weighted by molar-refractivity contribution is -0.128. The molecule has 33 heavy (non-hydrogen) atoms. The average Bonchev–Trinajstić information content (AvgIpc) is 2.74. The molecule has 0 heterocycles. The molecule has 1 aromatic rings. The van der Waals surface area contributed by atoms with Gasteiger partial charge >= 0.3 is 12.1 Å². The fraction of sp³-hybridized carbons (Fsp3) is 0.524. The molecular formula is C21H34N6O6. The summed E-state index contributed by atoms with van der Waals surface area (Å²) in [6.45, 7) is 3.51. The summed E-state index contributed by atoms with van der Waals surface area (Å²) in [5, 5.41) is 26.4. The highest BCUT2D eigenvalue weighted by atomic mass is 16.4. The summed E-state index contributed by atoms with van der Waals surface area (Å²) >= 11 is 0. The largest absolute Gasteiger partial charge is 0.465 e. The highest BCUT2D eigenvalue weighted by Gasteiger charge is 2.25. The Morgan fingerprint density at radius 2 is 1.79 bits per heavy atom. The van der Waals surface area contributed by atoms with Crippen molar-refractivity contribution in [3.63, 3.8) is 0 Å². The molecule has 5 amide bonds. The van der Waals surface area contributed by atoms with E-state index in [2.05, 4.69) is 16.0 Å². The van der Waals surface area contributed by atoms with Crippen LogP contribution < -0.4 is 27.4 Å². The van der Waals surface area contributed by atoms with Gasteiger partial charge in [0, 0.05) is 25.8 Å². The van der Waals surface area contributed by atoms with Gasteiger partial charge in [0.05, 0.1) is 12.6 Å². The van der Waals surface area contributed by atoms with Gasteiger partial charge in [-0.2, -0.15) is 0 Å². The third kappa shape index (κ3) is 9.33. The minimum atomic E-state index is -1.14. The number of aliphatic hydroxyl groups excluding tert-OH is 1. The van der Waals surface area contributed by atoms with Crippen LogP contribution in [0.1, 0.15) is 37.8 Å². The van der Waals surface area contributed by atoms with Gasteiger partial charge in [0.2, 0.25) is 11.8 Å². The lowest BCUT2D eigenvalue weighted by Gasteiger charge is -2.23. The topological polar surface area (TPSA) is 200 Å². The molecule has 184 valence electrons. The Morgan fingerprint density at radius 1 is 1.12 bits per heavy atom. The summed E-state index contributed by atoms with van der Waals surface area (Å²) in [7, 11) is 1.39. The number of nitrogens with zero attached hydrogens (tertiary/aromatic N) is 1. The maximum Gasteiger partial charge on any atom is 0.407 e. The minimum Gasteiger partial charge on any atom is -0.465 e. The zero-order valence-corrected chi connectivity index (χ0v) is 19.1. The SMILES string of the molecule is CC(C)[C@H](N)C(=O)N[C@@H](CCCNC(N)=O)C(=O)Nc1ccc(CO)c(CN(C)C(=O)O)c1. The Bertz CT molecular complexity index is 847. The second-order valence-electron chi connectivity index (χ2n) is 8.03. The summed E-state index contributed by atoms with van der Waals surface area (Å²) in [5.41, 5.74) is 12.3. The smallest absolute Gasteiger partial charge is 0.407 e. The molecule has 0 bridgehead atoms. The fourth-order valence-electron chi connectivity index (χ4n) is 2.91. The third-order valence-electron chi connectivity index (χ3n) is 5.00. The van der Waals surface area contributed by atoms with E-state index >= 15 is 0 Å². The standard InChI is InChI=1S/C21H34N6O6/c1-12(2)17(22)19(30)26-16(5-4-8-24-20(23)31)18(29)25-15-7-6-13(11-28)14(9-15)10-27(3)21(32)33/h6-7,9,12,16-17,28H,4-5,8,10-11,22H2,1-3H3,(H,25,29)(H,26,30)(H,32,33)(H3,23,24,31)/t16-,17-/m0/s1. The first-order valence-corrected chi connectivity index (χ1v) is 10.5. The summed E-state index contributed by atoms with van der Waals surface area (Å²) < 4.78 is 0. The van der Waals surface area contributed by atoms with Crippen molar-refractivity contribution in [2.45, 2.75) is 51.9 Å². The molecular weight excluding hydrogens is 432 g/mol. The van der Waals surface area contributed by atoms with Crippen molar-refractivity contribution in [3.05, 3.63) is 29.3 Å². The minimum absolute atomic E-state index is 0.0110. The molecule has 1 rings (SSSR count). The molecule has 0 aliphatic heterocycles. The van der Waals surface area contributed by atoms with Gasteiger partial charge in [-0.15, -0.1) is 0 Å². The van der Waals surface area contributed by atoms with Crippen LogP contribution in [-0.2, 0) is 22.7 Å². The van der Waals surface area contributed by atoms with Gasteiger partial charge in [-0.3, -0.25) is 9.59 Å². The van der Waals surface area contributed by atoms with E-state index in [1.807, 2.05) is 0 Å². The Balaban J connectivity index is 3.00. The van der Waals surface area contributed by atoms with Crippen LogP contribution >= 0.6 is 0 Å². The summed E-state index contributed by atoms with van der Waals surface area (Å²) in [6.07, 6.45) is -0.551. The fourth-order valence-corrected chi connectivity index (χ4v) is 2.91. The van der Waals surface area contributed by atoms with E-state index in [1.165, 1.54) is 7.05 Å². The summed E-state index contributed by atoms with van der Waals surface area (Å²) in [4.78, 5) is 48.4. The number of carbonyl (C=O) groups excluding carboxylic acids is 3. The quantitative estimate of drug-likeness (QED) is 0.212. The number of nitrogens with one attached hydrogen (secondary N) is 3. The number of carbonyl (C=O) groups is 4. The molecule has 0 aromatic heterocycles. The maximum absolute atomic E-state index is 12.9. The van der Waals surface area contributed by atoms with Crippen molar-refractivity contribution < 1.29 is 29.4 Å². The molecule has 0 spiro atoms. The zero-order valence-electron chi connectivity index (χ0n) is 19.1. The zero-order chi connectivity index (χ0) is 25.1.